The highest BCUT2D eigenvalue weighted by Gasteiger charge is 2.29. The van der Waals surface area contributed by atoms with Crippen LogP contribution < -0.4 is 25.7 Å². The van der Waals surface area contributed by atoms with Gasteiger partial charge in [-0.1, -0.05) is 6.58 Å². The van der Waals surface area contributed by atoms with Crippen LogP contribution in [0.25, 0.3) is 11.1 Å². The van der Waals surface area contributed by atoms with E-state index in [0.29, 0.717) is 41.7 Å². The maximum absolute atomic E-state index is 13.2. The number of nitrogens with one attached hydrogen (secondary N) is 2. The molecule has 10 heteroatoms. The van der Waals surface area contributed by atoms with Crippen molar-refractivity contribution in [2.75, 3.05) is 32.8 Å². The second-order valence-corrected chi connectivity index (χ2v) is 7.71. The second-order valence-electron chi connectivity index (χ2n) is 7.71. The quantitative estimate of drug-likeness (QED) is 0.365. The molecule has 0 bridgehead atoms. The van der Waals surface area contributed by atoms with Crippen LogP contribution >= 0.6 is 0 Å². The van der Waals surface area contributed by atoms with Gasteiger partial charge < -0.3 is 24.8 Å². The Bertz CT molecular complexity index is 1160. The number of methoxy groups -OCH3 is 2. The van der Waals surface area contributed by atoms with Gasteiger partial charge in [-0.3, -0.25) is 14.2 Å². The van der Waals surface area contributed by atoms with Gasteiger partial charge in [0.1, 0.15) is 17.3 Å². The fourth-order valence-electron chi connectivity index (χ4n) is 3.67. The summed E-state index contributed by atoms with van der Waals surface area (Å²) in [6.07, 6.45) is 1.20. The van der Waals surface area contributed by atoms with E-state index in [0.717, 1.165) is 5.56 Å². The molecule has 2 aromatic rings. The van der Waals surface area contributed by atoms with Gasteiger partial charge in [0.2, 0.25) is 11.9 Å². The number of ether oxygens (including phenoxy) is 3. The van der Waals surface area contributed by atoms with Crippen LogP contribution in [-0.4, -0.2) is 62.7 Å². The van der Waals surface area contributed by atoms with Crippen molar-refractivity contribution >= 4 is 24.4 Å². The fourth-order valence-corrected chi connectivity index (χ4v) is 3.67. The van der Waals surface area contributed by atoms with Crippen molar-refractivity contribution in [1.82, 2.24) is 9.88 Å². The molecule has 1 saturated heterocycles. The number of aryl methyl sites for hydroxylation is 1. The summed E-state index contributed by atoms with van der Waals surface area (Å²) in [6, 6.07) is 6.40. The lowest BCUT2D eigenvalue weighted by Gasteiger charge is -2.18. The molecule has 2 heterocycles. The molecule has 1 aromatic carbocycles. The van der Waals surface area contributed by atoms with Crippen molar-refractivity contribution in [2.24, 2.45) is 17.0 Å². The standard InChI is InChI=1S/C24H29N5O5/c1-7-21(30)26-19-12-34-13-20(19)27-24(25-3)28-22-14(2)8-18(23(31)29(22)4)15-9-16(32-5)11-17(10-15)33-6/h7-11,19-20H,1,3,12-13H2,2,4-6H3,(H,26,30)(H,27,28)/t19-,20+/m0/s1. The maximum atomic E-state index is 13.2. The molecule has 0 spiro atoms. The third-order valence-electron chi connectivity index (χ3n) is 5.50. The molecule has 0 saturated carbocycles. The van der Waals surface area contributed by atoms with E-state index in [2.05, 4.69) is 33.9 Å². The Labute approximate surface area is 198 Å². The van der Waals surface area contributed by atoms with Crippen LogP contribution in [0.4, 0.5) is 5.82 Å². The summed E-state index contributed by atoms with van der Waals surface area (Å²) in [7, 11) is 4.77. The summed E-state index contributed by atoms with van der Waals surface area (Å²) >= 11 is 0. The highest BCUT2D eigenvalue weighted by Crippen LogP contribution is 2.29. The van der Waals surface area contributed by atoms with Crippen LogP contribution in [0.3, 0.4) is 0 Å². The van der Waals surface area contributed by atoms with E-state index in [1.54, 1.807) is 45.5 Å². The van der Waals surface area contributed by atoms with E-state index in [4.69, 9.17) is 14.2 Å². The minimum absolute atomic E-state index is 0.210. The number of nitrogens with zero attached hydrogens (tertiary/aromatic N) is 3. The van der Waals surface area contributed by atoms with Gasteiger partial charge in [-0.25, -0.2) is 9.98 Å². The number of carbonyl (C=O) groups excluding carboxylic acids is 1. The van der Waals surface area contributed by atoms with Crippen LogP contribution in [-0.2, 0) is 16.6 Å². The van der Waals surface area contributed by atoms with E-state index >= 15 is 0 Å². The lowest BCUT2D eigenvalue weighted by molar-refractivity contribution is -0.117. The molecule has 1 aromatic heterocycles. The number of amides is 1. The van der Waals surface area contributed by atoms with Crippen molar-refractivity contribution in [3.8, 4) is 22.6 Å². The number of benzene rings is 1. The summed E-state index contributed by atoms with van der Waals surface area (Å²) in [4.78, 5) is 33.4. The molecule has 34 heavy (non-hydrogen) atoms. The van der Waals surface area contributed by atoms with Crippen molar-refractivity contribution in [2.45, 2.75) is 19.0 Å². The molecular weight excluding hydrogens is 438 g/mol. The number of aromatic nitrogens is 1. The number of hydrogen-bond acceptors (Lipinski definition) is 6. The first kappa shape index (κ1) is 24.7. The molecule has 0 unspecified atom stereocenters. The third-order valence-corrected chi connectivity index (χ3v) is 5.50. The van der Waals surface area contributed by atoms with E-state index in [1.165, 1.54) is 10.6 Å². The Kier molecular flexibility index (Phi) is 7.85. The average Bonchev–Trinajstić information content (AvgIpc) is 3.28. The Balaban J connectivity index is 1.94. The highest BCUT2D eigenvalue weighted by atomic mass is 16.5. The summed E-state index contributed by atoms with van der Waals surface area (Å²) in [5.41, 5.74) is 1.72. The molecule has 180 valence electrons. The zero-order chi connectivity index (χ0) is 24.8. The summed E-state index contributed by atoms with van der Waals surface area (Å²) in [5.74, 6) is 1.58. The molecule has 1 fully saturated rings. The first-order valence-electron chi connectivity index (χ1n) is 10.6. The molecule has 1 aliphatic rings. The molecular formula is C24H29N5O5. The Hall–Kier alpha value is -3.92. The summed E-state index contributed by atoms with van der Waals surface area (Å²) < 4.78 is 17.6. The smallest absolute Gasteiger partial charge is 0.259 e. The predicted molar refractivity (Wildman–Crippen MR) is 132 cm³/mol. The number of carbonyl (C=O) groups is 1. The minimum atomic E-state index is -0.363. The van der Waals surface area contributed by atoms with Crippen LogP contribution in [0.1, 0.15) is 5.56 Å². The Morgan fingerprint density at radius 1 is 1.21 bits per heavy atom. The van der Waals surface area contributed by atoms with Gasteiger partial charge in [-0.15, -0.1) is 0 Å². The average molecular weight is 468 g/mol. The van der Waals surface area contributed by atoms with E-state index < -0.39 is 0 Å². The van der Waals surface area contributed by atoms with Gasteiger partial charge in [0.15, 0.2) is 0 Å². The van der Waals surface area contributed by atoms with Crippen molar-refractivity contribution < 1.29 is 19.0 Å². The number of hydrogen-bond donors (Lipinski definition) is 2. The number of aliphatic imine (C=N–C) groups is 2. The lowest BCUT2D eigenvalue weighted by atomic mass is 10.0. The number of guanidine groups is 1. The van der Waals surface area contributed by atoms with Crippen LogP contribution in [0.15, 0.2) is 51.7 Å². The first-order chi connectivity index (χ1) is 16.3. The molecule has 1 amide bonds. The topological polar surface area (TPSA) is 116 Å². The normalized spacial score (nSPS) is 17.7. The predicted octanol–water partition coefficient (Wildman–Crippen LogP) is 1.92. The minimum Gasteiger partial charge on any atom is -0.497 e. The summed E-state index contributed by atoms with van der Waals surface area (Å²) in [5, 5.41) is 5.88. The first-order valence-corrected chi connectivity index (χ1v) is 10.6. The van der Waals surface area contributed by atoms with Crippen LogP contribution in [0.5, 0.6) is 11.5 Å². The summed E-state index contributed by atoms with van der Waals surface area (Å²) in [6.45, 7) is 9.56. The van der Waals surface area contributed by atoms with Gasteiger partial charge in [-0.2, -0.15) is 0 Å². The van der Waals surface area contributed by atoms with Crippen molar-refractivity contribution in [3.63, 3.8) is 0 Å². The molecule has 0 aliphatic carbocycles. The van der Waals surface area contributed by atoms with Gasteiger partial charge >= 0.3 is 0 Å². The number of pyridine rings is 1. The third kappa shape index (κ3) is 5.34. The zero-order valence-corrected chi connectivity index (χ0v) is 19.8. The van der Waals surface area contributed by atoms with E-state index in [-0.39, 0.29) is 29.5 Å². The zero-order valence-electron chi connectivity index (χ0n) is 19.8. The SMILES string of the molecule is C=CC(=O)N[C@H]1COC[C@H]1N=C(N=C)Nc1c(C)cc(-c2cc(OC)cc(OC)c2)c(=O)n1C. The van der Waals surface area contributed by atoms with Gasteiger partial charge in [-0.05, 0) is 49.0 Å². The van der Waals surface area contributed by atoms with Crippen molar-refractivity contribution in [1.29, 1.82) is 0 Å². The number of anilines is 1. The van der Waals surface area contributed by atoms with Crippen LogP contribution in [0.2, 0.25) is 0 Å². The molecule has 3 rings (SSSR count). The van der Waals surface area contributed by atoms with Gasteiger partial charge in [0.05, 0.1) is 39.5 Å². The van der Waals surface area contributed by atoms with E-state index in [9.17, 15) is 9.59 Å². The highest BCUT2D eigenvalue weighted by molar-refractivity contribution is 5.96. The maximum Gasteiger partial charge on any atom is 0.259 e. The fraction of sp³-hybridized carbons (Fsp3) is 0.333. The van der Waals surface area contributed by atoms with Gasteiger partial charge in [0.25, 0.3) is 5.56 Å². The molecule has 2 N–H and O–H groups in total. The molecule has 0 radical (unpaired) electrons. The molecule has 2 atom stereocenters. The molecule has 10 nitrogen and oxygen atoms in total. The lowest BCUT2D eigenvalue weighted by Crippen LogP contribution is -2.41. The van der Waals surface area contributed by atoms with E-state index in [1.807, 2.05) is 6.92 Å². The van der Waals surface area contributed by atoms with Gasteiger partial charge in [0, 0.05) is 18.7 Å². The molecule has 1 aliphatic heterocycles. The monoisotopic (exact) mass is 467 g/mol. The van der Waals surface area contributed by atoms with Crippen LogP contribution in [0, 0.1) is 6.92 Å². The number of rotatable bonds is 7. The Morgan fingerprint density at radius 2 is 1.88 bits per heavy atom. The van der Waals surface area contributed by atoms with Crippen molar-refractivity contribution in [3.05, 3.63) is 52.8 Å². The largest absolute Gasteiger partial charge is 0.497 e. The Morgan fingerprint density at radius 3 is 2.47 bits per heavy atom. The second kappa shape index (κ2) is 10.8.